The third-order valence-electron chi connectivity index (χ3n) is 4.41. The van der Waals surface area contributed by atoms with Crippen molar-refractivity contribution in [3.8, 4) is 0 Å². The fourth-order valence-corrected chi connectivity index (χ4v) is 3.54. The van der Waals surface area contributed by atoms with Gasteiger partial charge in [-0.25, -0.2) is 0 Å². The molecule has 2 aliphatic carbocycles. The van der Waals surface area contributed by atoms with E-state index in [0.717, 1.165) is 18.4 Å². The highest BCUT2D eigenvalue weighted by Gasteiger charge is 2.31. The van der Waals surface area contributed by atoms with Gasteiger partial charge in [0.05, 0.1) is 0 Å². The van der Waals surface area contributed by atoms with Crippen LogP contribution in [0.15, 0.2) is 6.07 Å². The second-order valence-electron chi connectivity index (χ2n) is 5.79. The number of nitrogens with two attached hydrogens (primary N) is 1. The first-order valence-corrected chi connectivity index (χ1v) is 6.63. The SMILES string of the molecule is Cc1cc2c(n1C1CC(C)C1)CCCC2N. The van der Waals surface area contributed by atoms with Gasteiger partial charge in [0.2, 0.25) is 0 Å². The summed E-state index contributed by atoms with van der Waals surface area (Å²) in [5.74, 6) is 0.916. The summed E-state index contributed by atoms with van der Waals surface area (Å²) < 4.78 is 2.59. The van der Waals surface area contributed by atoms with Gasteiger partial charge in [-0.1, -0.05) is 6.92 Å². The zero-order valence-electron chi connectivity index (χ0n) is 10.4. The molecule has 1 unspecified atom stereocenters. The highest BCUT2D eigenvalue weighted by atomic mass is 15.1. The molecule has 88 valence electrons. The van der Waals surface area contributed by atoms with Crippen LogP contribution in [0.5, 0.6) is 0 Å². The number of nitrogens with zero attached hydrogens (tertiary/aromatic N) is 1. The Morgan fingerprint density at radius 2 is 2.12 bits per heavy atom. The Labute approximate surface area is 97.8 Å². The van der Waals surface area contributed by atoms with Gasteiger partial charge >= 0.3 is 0 Å². The largest absolute Gasteiger partial charge is 0.346 e. The summed E-state index contributed by atoms with van der Waals surface area (Å²) in [6.45, 7) is 4.60. The maximum atomic E-state index is 6.20. The summed E-state index contributed by atoms with van der Waals surface area (Å²) in [4.78, 5) is 0. The third kappa shape index (κ3) is 1.43. The molecule has 2 heteroatoms. The first kappa shape index (κ1) is 10.4. The smallest absolute Gasteiger partial charge is 0.0341 e. The van der Waals surface area contributed by atoms with Crippen LogP contribution in [0.25, 0.3) is 0 Å². The molecule has 16 heavy (non-hydrogen) atoms. The minimum atomic E-state index is 0.293. The predicted molar refractivity (Wildman–Crippen MR) is 66.5 cm³/mol. The monoisotopic (exact) mass is 218 g/mol. The topological polar surface area (TPSA) is 30.9 Å². The third-order valence-corrected chi connectivity index (χ3v) is 4.41. The Morgan fingerprint density at radius 1 is 1.38 bits per heavy atom. The Bertz CT molecular complexity index is 399. The van der Waals surface area contributed by atoms with Crippen LogP contribution in [0.2, 0.25) is 0 Å². The van der Waals surface area contributed by atoms with Gasteiger partial charge in [-0.2, -0.15) is 0 Å². The Balaban J connectivity index is 1.98. The average molecular weight is 218 g/mol. The van der Waals surface area contributed by atoms with Crippen molar-refractivity contribution in [3.63, 3.8) is 0 Å². The molecule has 0 radical (unpaired) electrons. The number of hydrogen-bond acceptors (Lipinski definition) is 1. The molecule has 0 aliphatic heterocycles. The molecular formula is C14H22N2. The van der Waals surface area contributed by atoms with Crippen LogP contribution in [0.4, 0.5) is 0 Å². The Kier molecular flexibility index (Phi) is 2.36. The quantitative estimate of drug-likeness (QED) is 0.771. The molecule has 1 saturated carbocycles. The lowest BCUT2D eigenvalue weighted by atomic mass is 9.81. The molecule has 0 aromatic carbocycles. The van der Waals surface area contributed by atoms with Crippen LogP contribution in [0.1, 0.15) is 61.6 Å². The van der Waals surface area contributed by atoms with Crippen molar-refractivity contribution in [3.05, 3.63) is 23.0 Å². The van der Waals surface area contributed by atoms with E-state index < -0.39 is 0 Å². The second kappa shape index (κ2) is 3.63. The number of aryl methyl sites for hydroxylation is 1. The van der Waals surface area contributed by atoms with E-state index in [1.165, 1.54) is 36.9 Å². The zero-order chi connectivity index (χ0) is 11.3. The van der Waals surface area contributed by atoms with Crippen molar-refractivity contribution in [1.29, 1.82) is 0 Å². The summed E-state index contributed by atoms with van der Waals surface area (Å²) in [5.41, 5.74) is 10.6. The van der Waals surface area contributed by atoms with E-state index in [-0.39, 0.29) is 0 Å². The van der Waals surface area contributed by atoms with Crippen molar-refractivity contribution in [2.45, 2.75) is 58.0 Å². The van der Waals surface area contributed by atoms with Crippen LogP contribution in [0, 0.1) is 12.8 Å². The predicted octanol–water partition coefficient (Wildman–Crippen LogP) is 3.10. The molecule has 1 atom stereocenters. The molecule has 1 aromatic heterocycles. The molecular weight excluding hydrogens is 196 g/mol. The molecule has 2 aliphatic rings. The van der Waals surface area contributed by atoms with Crippen LogP contribution < -0.4 is 5.73 Å². The lowest BCUT2D eigenvalue weighted by molar-refractivity contribution is 0.209. The van der Waals surface area contributed by atoms with Gasteiger partial charge in [0.25, 0.3) is 0 Å². The van der Waals surface area contributed by atoms with Crippen LogP contribution in [-0.4, -0.2) is 4.57 Å². The Hall–Kier alpha value is -0.760. The summed E-state index contributed by atoms with van der Waals surface area (Å²) in [5, 5.41) is 0. The van der Waals surface area contributed by atoms with E-state index in [9.17, 15) is 0 Å². The molecule has 3 rings (SSSR count). The molecule has 1 fully saturated rings. The molecule has 0 spiro atoms. The standard InChI is InChI=1S/C14H22N2/c1-9-6-11(7-9)16-10(2)8-12-13(15)4-3-5-14(12)16/h8-9,11,13H,3-7,15H2,1-2H3. The van der Waals surface area contributed by atoms with Crippen molar-refractivity contribution in [1.82, 2.24) is 4.57 Å². The molecule has 1 aromatic rings. The van der Waals surface area contributed by atoms with Gasteiger partial charge in [-0.05, 0) is 56.6 Å². The molecule has 2 N–H and O–H groups in total. The summed E-state index contributed by atoms with van der Waals surface area (Å²) in [7, 11) is 0. The summed E-state index contributed by atoms with van der Waals surface area (Å²) in [6, 6.07) is 3.40. The number of aromatic nitrogens is 1. The van der Waals surface area contributed by atoms with Gasteiger partial charge in [0, 0.05) is 23.5 Å². The maximum absolute atomic E-state index is 6.20. The van der Waals surface area contributed by atoms with E-state index in [1.807, 2.05) is 0 Å². The van der Waals surface area contributed by atoms with Crippen molar-refractivity contribution >= 4 is 0 Å². The number of fused-ring (bicyclic) bond motifs is 1. The van der Waals surface area contributed by atoms with Crippen molar-refractivity contribution in [2.24, 2.45) is 11.7 Å². The average Bonchev–Trinajstić information content (AvgIpc) is 2.52. The van der Waals surface area contributed by atoms with Gasteiger partial charge in [0.15, 0.2) is 0 Å². The normalized spacial score (nSPS) is 33.3. The van der Waals surface area contributed by atoms with Crippen molar-refractivity contribution < 1.29 is 0 Å². The van der Waals surface area contributed by atoms with E-state index >= 15 is 0 Å². The molecule has 0 bridgehead atoms. The first-order chi connectivity index (χ1) is 7.66. The summed E-state index contributed by atoms with van der Waals surface area (Å²) >= 11 is 0. The zero-order valence-corrected chi connectivity index (χ0v) is 10.4. The van der Waals surface area contributed by atoms with E-state index in [1.54, 1.807) is 5.69 Å². The minimum absolute atomic E-state index is 0.293. The molecule has 0 amide bonds. The fourth-order valence-electron chi connectivity index (χ4n) is 3.54. The molecule has 0 saturated heterocycles. The summed E-state index contributed by atoms with van der Waals surface area (Å²) in [6.07, 6.45) is 6.38. The van der Waals surface area contributed by atoms with Crippen LogP contribution in [-0.2, 0) is 6.42 Å². The van der Waals surface area contributed by atoms with E-state index in [2.05, 4.69) is 24.5 Å². The maximum Gasteiger partial charge on any atom is 0.0341 e. The lowest BCUT2D eigenvalue weighted by Gasteiger charge is -2.37. The Morgan fingerprint density at radius 3 is 2.81 bits per heavy atom. The van der Waals surface area contributed by atoms with Crippen molar-refractivity contribution in [2.75, 3.05) is 0 Å². The number of rotatable bonds is 1. The highest BCUT2D eigenvalue weighted by molar-refractivity contribution is 5.33. The van der Waals surface area contributed by atoms with Gasteiger partial charge in [0.1, 0.15) is 0 Å². The highest BCUT2D eigenvalue weighted by Crippen LogP contribution is 2.42. The molecule has 2 nitrogen and oxygen atoms in total. The van der Waals surface area contributed by atoms with Gasteiger partial charge in [-0.15, -0.1) is 0 Å². The molecule has 1 heterocycles. The minimum Gasteiger partial charge on any atom is -0.346 e. The van der Waals surface area contributed by atoms with E-state index in [4.69, 9.17) is 5.73 Å². The van der Waals surface area contributed by atoms with Crippen LogP contribution in [0.3, 0.4) is 0 Å². The second-order valence-corrected chi connectivity index (χ2v) is 5.79. The van der Waals surface area contributed by atoms with Gasteiger partial charge in [-0.3, -0.25) is 0 Å². The van der Waals surface area contributed by atoms with E-state index in [0.29, 0.717) is 6.04 Å². The lowest BCUT2D eigenvalue weighted by Crippen LogP contribution is -2.28. The van der Waals surface area contributed by atoms with Gasteiger partial charge < -0.3 is 10.3 Å². The first-order valence-electron chi connectivity index (χ1n) is 6.63. The number of hydrogen-bond donors (Lipinski definition) is 1. The van der Waals surface area contributed by atoms with Crippen LogP contribution >= 0.6 is 0 Å². The fraction of sp³-hybridized carbons (Fsp3) is 0.714.